The maximum atomic E-state index is 12.3. The van der Waals surface area contributed by atoms with Crippen LogP contribution in [-0.4, -0.2) is 58.4 Å². The average molecular weight is 286 g/mol. The van der Waals surface area contributed by atoms with E-state index < -0.39 is 11.7 Å². The van der Waals surface area contributed by atoms with Gasteiger partial charge in [0.2, 0.25) is 0 Å². The van der Waals surface area contributed by atoms with Crippen molar-refractivity contribution in [3.63, 3.8) is 0 Å². The Morgan fingerprint density at radius 1 is 1.40 bits per heavy atom. The van der Waals surface area contributed by atoms with Crippen molar-refractivity contribution in [1.82, 2.24) is 9.80 Å². The normalized spacial score (nSPS) is 19.6. The molecule has 1 rings (SSSR count). The molecule has 1 atom stereocenters. The summed E-state index contributed by atoms with van der Waals surface area (Å²) < 4.78 is 5.42. The monoisotopic (exact) mass is 286 g/mol. The van der Waals surface area contributed by atoms with E-state index in [1.54, 1.807) is 4.90 Å². The standard InChI is InChI=1S/C14H26N2O4/c1-5-8-16(13(19)20-14(2,3)4)11-7-6-9-15(10-11)12(17)18/h11H,5-10H2,1-4H3,(H,17,18). The summed E-state index contributed by atoms with van der Waals surface area (Å²) in [6.07, 6.45) is 1.15. The highest BCUT2D eigenvalue weighted by atomic mass is 16.6. The van der Waals surface area contributed by atoms with Crippen molar-refractivity contribution in [1.29, 1.82) is 0 Å². The lowest BCUT2D eigenvalue weighted by molar-refractivity contribution is 0.00682. The Labute approximate surface area is 120 Å². The van der Waals surface area contributed by atoms with E-state index in [1.807, 2.05) is 27.7 Å². The predicted octanol–water partition coefficient (Wildman–Crippen LogP) is 2.78. The molecule has 6 nitrogen and oxygen atoms in total. The molecule has 1 N–H and O–H groups in total. The van der Waals surface area contributed by atoms with Gasteiger partial charge in [-0.2, -0.15) is 0 Å². The first kappa shape index (κ1) is 16.6. The van der Waals surface area contributed by atoms with Gasteiger partial charge in [0.1, 0.15) is 5.60 Å². The molecule has 6 heteroatoms. The van der Waals surface area contributed by atoms with Crippen LogP contribution in [0.3, 0.4) is 0 Å². The third-order valence-corrected chi connectivity index (χ3v) is 3.20. The van der Waals surface area contributed by atoms with E-state index in [9.17, 15) is 9.59 Å². The molecule has 0 aromatic carbocycles. The van der Waals surface area contributed by atoms with Crippen molar-refractivity contribution < 1.29 is 19.4 Å². The topological polar surface area (TPSA) is 70.1 Å². The van der Waals surface area contributed by atoms with Gasteiger partial charge in [-0.15, -0.1) is 0 Å². The molecular weight excluding hydrogens is 260 g/mol. The summed E-state index contributed by atoms with van der Waals surface area (Å²) >= 11 is 0. The summed E-state index contributed by atoms with van der Waals surface area (Å²) in [6.45, 7) is 9.00. The van der Waals surface area contributed by atoms with Gasteiger partial charge in [-0.25, -0.2) is 9.59 Å². The van der Waals surface area contributed by atoms with E-state index in [-0.39, 0.29) is 12.1 Å². The Morgan fingerprint density at radius 2 is 2.05 bits per heavy atom. The van der Waals surface area contributed by atoms with Crippen LogP contribution >= 0.6 is 0 Å². The lowest BCUT2D eigenvalue weighted by Gasteiger charge is -2.38. The number of carboxylic acid groups (broad SMARTS) is 1. The zero-order valence-electron chi connectivity index (χ0n) is 12.9. The van der Waals surface area contributed by atoms with E-state index in [1.165, 1.54) is 4.90 Å². The molecular formula is C14H26N2O4. The number of ether oxygens (including phenoxy) is 1. The van der Waals surface area contributed by atoms with Crippen molar-refractivity contribution in [2.45, 2.75) is 58.6 Å². The van der Waals surface area contributed by atoms with Gasteiger partial charge in [0.05, 0.1) is 6.04 Å². The number of likely N-dealkylation sites (tertiary alicyclic amines) is 1. The number of carbonyl (C=O) groups excluding carboxylic acids is 1. The highest BCUT2D eigenvalue weighted by Gasteiger charge is 2.32. The lowest BCUT2D eigenvalue weighted by Crippen LogP contribution is -2.52. The van der Waals surface area contributed by atoms with Crippen molar-refractivity contribution in [2.75, 3.05) is 19.6 Å². The highest BCUT2D eigenvalue weighted by molar-refractivity contribution is 5.69. The van der Waals surface area contributed by atoms with Gasteiger partial charge >= 0.3 is 12.2 Å². The van der Waals surface area contributed by atoms with Crippen LogP contribution in [0.1, 0.15) is 47.0 Å². The minimum absolute atomic E-state index is 0.0883. The van der Waals surface area contributed by atoms with Crippen molar-refractivity contribution >= 4 is 12.2 Å². The largest absolute Gasteiger partial charge is 0.465 e. The zero-order chi connectivity index (χ0) is 15.3. The minimum atomic E-state index is -0.921. The number of hydrogen-bond acceptors (Lipinski definition) is 3. The first-order valence-corrected chi connectivity index (χ1v) is 7.22. The average Bonchev–Trinajstić information content (AvgIpc) is 2.33. The third kappa shape index (κ3) is 4.90. The predicted molar refractivity (Wildman–Crippen MR) is 75.9 cm³/mol. The van der Waals surface area contributed by atoms with Gasteiger partial charge in [-0.3, -0.25) is 0 Å². The minimum Gasteiger partial charge on any atom is -0.465 e. The quantitative estimate of drug-likeness (QED) is 0.866. The molecule has 0 aliphatic carbocycles. The molecule has 2 amide bonds. The van der Waals surface area contributed by atoms with Gasteiger partial charge in [0.25, 0.3) is 0 Å². The molecule has 1 saturated heterocycles. The number of rotatable bonds is 3. The van der Waals surface area contributed by atoms with Crippen LogP contribution in [0.15, 0.2) is 0 Å². The van der Waals surface area contributed by atoms with Gasteiger partial charge in [0.15, 0.2) is 0 Å². The van der Waals surface area contributed by atoms with Crippen LogP contribution in [0.5, 0.6) is 0 Å². The number of hydrogen-bond donors (Lipinski definition) is 1. The van der Waals surface area contributed by atoms with E-state index in [4.69, 9.17) is 9.84 Å². The van der Waals surface area contributed by atoms with E-state index in [0.717, 1.165) is 19.3 Å². The zero-order valence-corrected chi connectivity index (χ0v) is 12.9. The molecule has 20 heavy (non-hydrogen) atoms. The summed E-state index contributed by atoms with van der Waals surface area (Å²) in [4.78, 5) is 26.4. The van der Waals surface area contributed by atoms with E-state index >= 15 is 0 Å². The molecule has 0 bridgehead atoms. The van der Waals surface area contributed by atoms with Crippen LogP contribution in [0, 0.1) is 0 Å². The van der Waals surface area contributed by atoms with Crippen molar-refractivity contribution in [3.8, 4) is 0 Å². The lowest BCUT2D eigenvalue weighted by atomic mass is 10.0. The van der Waals surface area contributed by atoms with Gasteiger partial charge in [0, 0.05) is 19.6 Å². The molecule has 1 aliphatic rings. The molecule has 0 aromatic heterocycles. The van der Waals surface area contributed by atoms with Crippen LogP contribution in [0.4, 0.5) is 9.59 Å². The van der Waals surface area contributed by atoms with Crippen molar-refractivity contribution in [3.05, 3.63) is 0 Å². The summed E-state index contributed by atoms with van der Waals surface area (Å²) in [6, 6.07) is -0.0883. The number of piperidine rings is 1. The van der Waals surface area contributed by atoms with Gasteiger partial charge in [-0.1, -0.05) is 6.92 Å². The molecule has 0 saturated carbocycles. The molecule has 0 radical (unpaired) electrons. The first-order chi connectivity index (χ1) is 9.24. The summed E-state index contributed by atoms with van der Waals surface area (Å²) in [5.41, 5.74) is -0.537. The van der Waals surface area contributed by atoms with E-state index in [0.29, 0.717) is 19.6 Å². The Hall–Kier alpha value is -1.46. The summed E-state index contributed by atoms with van der Waals surface area (Å²) in [7, 11) is 0. The van der Waals surface area contributed by atoms with Crippen LogP contribution in [-0.2, 0) is 4.74 Å². The second kappa shape index (κ2) is 6.81. The fourth-order valence-corrected chi connectivity index (χ4v) is 2.37. The molecule has 0 aromatic rings. The highest BCUT2D eigenvalue weighted by Crippen LogP contribution is 2.19. The van der Waals surface area contributed by atoms with Crippen molar-refractivity contribution in [2.24, 2.45) is 0 Å². The molecule has 1 aliphatic heterocycles. The summed E-state index contributed by atoms with van der Waals surface area (Å²) in [5.74, 6) is 0. The van der Waals surface area contributed by atoms with Crippen LogP contribution < -0.4 is 0 Å². The Balaban J connectivity index is 2.74. The second-order valence-electron chi connectivity index (χ2n) is 6.20. The fraction of sp³-hybridized carbons (Fsp3) is 0.857. The Morgan fingerprint density at radius 3 is 2.55 bits per heavy atom. The van der Waals surface area contributed by atoms with Gasteiger partial charge < -0.3 is 19.6 Å². The second-order valence-corrected chi connectivity index (χ2v) is 6.20. The molecule has 1 fully saturated rings. The molecule has 1 unspecified atom stereocenters. The number of nitrogens with zero attached hydrogens (tertiary/aromatic N) is 2. The maximum absolute atomic E-state index is 12.3. The summed E-state index contributed by atoms with van der Waals surface area (Å²) in [5, 5.41) is 9.08. The molecule has 116 valence electrons. The maximum Gasteiger partial charge on any atom is 0.410 e. The first-order valence-electron chi connectivity index (χ1n) is 7.22. The number of amides is 2. The third-order valence-electron chi connectivity index (χ3n) is 3.20. The van der Waals surface area contributed by atoms with Gasteiger partial charge in [-0.05, 0) is 40.0 Å². The fourth-order valence-electron chi connectivity index (χ4n) is 2.37. The Bertz CT molecular complexity index is 352. The van der Waals surface area contributed by atoms with Crippen LogP contribution in [0.2, 0.25) is 0 Å². The smallest absolute Gasteiger partial charge is 0.410 e. The molecule has 1 heterocycles. The number of carbonyl (C=O) groups is 2. The van der Waals surface area contributed by atoms with Crippen LogP contribution in [0.25, 0.3) is 0 Å². The van der Waals surface area contributed by atoms with E-state index in [2.05, 4.69) is 0 Å². The molecule has 0 spiro atoms. The SMILES string of the molecule is CCCN(C(=O)OC(C)(C)C)C1CCCN(C(=O)O)C1. The Kier molecular flexibility index (Phi) is 5.65.